The number of carbonyl (C=O) groups excluding carboxylic acids is 1. The molecule has 0 aliphatic heterocycles. The molecule has 0 saturated heterocycles. The van der Waals surface area contributed by atoms with Gasteiger partial charge in [0, 0.05) is 18.8 Å². The first-order valence-electron chi connectivity index (χ1n) is 6.75. The predicted molar refractivity (Wildman–Crippen MR) is 77.8 cm³/mol. The molecule has 0 spiro atoms. The molecule has 1 fully saturated rings. The number of pyridine rings is 1. The summed E-state index contributed by atoms with van der Waals surface area (Å²) >= 11 is 11.9. The fraction of sp³-hybridized carbons (Fsp3) is 0.571. The van der Waals surface area contributed by atoms with Crippen molar-refractivity contribution in [1.82, 2.24) is 9.88 Å². The van der Waals surface area contributed by atoms with Crippen molar-refractivity contribution in [2.24, 2.45) is 0 Å². The van der Waals surface area contributed by atoms with E-state index in [4.69, 9.17) is 23.2 Å². The minimum atomic E-state index is -0.0382. The summed E-state index contributed by atoms with van der Waals surface area (Å²) in [7, 11) is 0. The van der Waals surface area contributed by atoms with Gasteiger partial charge in [0.2, 0.25) is 0 Å². The Balaban J connectivity index is 2.22. The Bertz CT molecular complexity index is 459. The average Bonchev–Trinajstić information content (AvgIpc) is 2.43. The summed E-state index contributed by atoms with van der Waals surface area (Å²) in [6.45, 7) is 2.70. The van der Waals surface area contributed by atoms with Crippen LogP contribution in [0.25, 0.3) is 0 Å². The van der Waals surface area contributed by atoms with Crippen LogP contribution in [0, 0.1) is 0 Å². The Morgan fingerprint density at radius 1 is 1.37 bits per heavy atom. The van der Waals surface area contributed by atoms with Crippen LogP contribution in [0.2, 0.25) is 10.2 Å². The summed E-state index contributed by atoms with van der Waals surface area (Å²) in [6, 6.07) is 1.88. The Labute approximate surface area is 123 Å². The largest absolute Gasteiger partial charge is 0.336 e. The molecule has 104 valence electrons. The van der Waals surface area contributed by atoms with Crippen molar-refractivity contribution < 1.29 is 4.79 Å². The molecule has 1 aliphatic carbocycles. The SMILES string of the molecule is CCN(C(=O)c1cc(Cl)ncc1Cl)C1CCCCC1. The van der Waals surface area contributed by atoms with Crippen molar-refractivity contribution in [1.29, 1.82) is 0 Å². The molecule has 5 heteroatoms. The van der Waals surface area contributed by atoms with Gasteiger partial charge in [-0.25, -0.2) is 4.98 Å². The lowest BCUT2D eigenvalue weighted by Gasteiger charge is -2.33. The number of amides is 1. The third-order valence-corrected chi connectivity index (χ3v) is 4.18. The maximum atomic E-state index is 12.6. The molecule has 0 N–H and O–H groups in total. The van der Waals surface area contributed by atoms with E-state index in [-0.39, 0.29) is 5.91 Å². The van der Waals surface area contributed by atoms with E-state index in [0.29, 0.717) is 28.3 Å². The first kappa shape index (κ1) is 14.6. The third-order valence-electron chi connectivity index (χ3n) is 3.67. The van der Waals surface area contributed by atoms with E-state index in [9.17, 15) is 4.79 Å². The van der Waals surface area contributed by atoms with Crippen molar-refractivity contribution in [3.8, 4) is 0 Å². The van der Waals surface area contributed by atoms with Gasteiger partial charge in [0.15, 0.2) is 0 Å². The summed E-state index contributed by atoms with van der Waals surface area (Å²) < 4.78 is 0. The van der Waals surface area contributed by atoms with E-state index in [1.807, 2.05) is 11.8 Å². The fourth-order valence-electron chi connectivity index (χ4n) is 2.69. The van der Waals surface area contributed by atoms with Gasteiger partial charge < -0.3 is 4.90 Å². The lowest BCUT2D eigenvalue weighted by molar-refractivity contribution is 0.0648. The van der Waals surface area contributed by atoms with Crippen molar-refractivity contribution in [3.63, 3.8) is 0 Å². The Kier molecular flexibility index (Phi) is 5.06. The highest BCUT2D eigenvalue weighted by Crippen LogP contribution is 2.26. The van der Waals surface area contributed by atoms with Crippen LogP contribution in [0.5, 0.6) is 0 Å². The normalized spacial score (nSPS) is 16.4. The van der Waals surface area contributed by atoms with Gasteiger partial charge in [0.05, 0.1) is 10.6 Å². The van der Waals surface area contributed by atoms with E-state index in [2.05, 4.69) is 4.98 Å². The first-order valence-corrected chi connectivity index (χ1v) is 7.51. The zero-order valence-corrected chi connectivity index (χ0v) is 12.5. The van der Waals surface area contributed by atoms with E-state index < -0.39 is 0 Å². The number of rotatable bonds is 3. The zero-order chi connectivity index (χ0) is 13.8. The lowest BCUT2D eigenvalue weighted by atomic mass is 9.94. The summed E-state index contributed by atoms with van der Waals surface area (Å²) in [5.41, 5.74) is 0.453. The van der Waals surface area contributed by atoms with Crippen molar-refractivity contribution in [3.05, 3.63) is 28.0 Å². The van der Waals surface area contributed by atoms with Gasteiger partial charge in [-0.05, 0) is 25.8 Å². The highest BCUT2D eigenvalue weighted by atomic mass is 35.5. The minimum absolute atomic E-state index is 0.0382. The number of nitrogens with zero attached hydrogens (tertiary/aromatic N) is 2. The molecular formula is C14H18Cl2N2O. The molecule has 0 bridgehead atoms. The summed E-state index contributed by atoms with van der Waals surface area (Å²) in [5, 5.41) is 0.663. The highest BCUT2D eigenvalue weighted by Gasteiger charge is 2.26. The first-order chi connectivity index (χ1) is 9.13. The second-order valence-corrected chi connectivity index (χ2v) is 5.66. The van der Waals surface area contributed by atoms with Gasteiger partial charge in [-0.3, -0.25) is 4.79 Å². The van der Waals surface area contributed by atoms with Gasteiger partial charge in [-0.1, -0.05) is 42.5 Å². The monoisotopic (exact) mass is 300 g/mol. The molecule has 0 unspecified atom stereocenters. The molecule has 1 aromatic rings. The minimum Gasteiger partial charge on any atom is -0.336 e. The second-order valence-electron chi connectivity index (χ2n) is 4.87. The maximum Gasteiger partial charge on any atom is 0.255 e. The van der Waals surface area contributed by atoms with Crippen molar-refractivity contribution in [2.45, 2.75) is 45.1 Å². The second kappa shape index (κ2) is 6.58. The maximum absolute atomic E-state index is 12.6. The highest BCUT2D eigenvalue weighted by molar-refractivity contribution is 6.35. The Morgan fingerprint density at radius 3 is 2.68 bits per heavy atom. The number of carbonyl (C=O) groups is 1. The Hall–Kier alpha value is -0.800. The smallest absolute Gasteiger partial charge is 0.255 e. The van der Waals surface area contributed by atoms with E-state index in [0.717, 1.165) is 12.8 Å². The Morgan fingerprint density at radius 2 is 2.05 bits per heavy atom. The molecule has 0 atom stereocenters. The van der Waals surface area contributed by atoms with Gasteiger partial charge in [-0.15, -0.1) is 0 Å². The fourth-order valence-corrected chi connectivity index (χ4v) is 3.03. The molecule has 1 amide bonds. The van der Waals surface area contributed by atoms with Crippen molar-refractivity contribution in [2.75, 3.05) is 6.54 Å². The van der Waals surface area contributed by atoms with E-state index >= 15 is 0 Å². The molecule has 1 saturated carbocycles. The van der Waals surface area contributed by atoms with Crippen LogP contribution in [-0.4, -0.2) is 28.4 Å². The molecule has 0 aromatic carbocycles. The number of aromatic nitrogens is 1. The van der Waals surface area contributed by atoms with Gasteiger partial charge in [0.1, 0.15) is 5.15 Å². The molecule has 1 heterocycles. The number of hydrogen-bond acceptors (Lipinski definition) is 2. The lowest BCUT2D eigenvalue weighted by Crippen LogP contribution is -2.41. The zero-order valence-electron chi connectivity index (χ0n) is 11.0. The molecule has 3 nitrogen and oxygen atoms in total. The van der Waals surface area contributed by atoms with Crippen LogP contribution >= 0.6 is 23.2 Å². The summed E-state index contributed by atoms with van der Waals surface area (Å²) in [4.78, 5) is 18.4. The predicted octanol–water partition coefficient (Wildman–Crippen LogP) is 4.18. The number of halogens is 2. The molecular weight excluding hydrogens is 283 g/mol. The van der Waals surface area contributed by atoms with E-state index in [1.165, 1.54) is 25.5 Å². The van der Waals surface area contributed by atoms with Crippen LogP contribution in [0.4, 0.5) is 0 Å². The molecule has 1 aromatic heterocycles. The average molecular weight is 301 g/mol. The standard InChI is InChI=1S/C14H18Cl2N2O/c1-2-18(10-6-4-3-5-7-10)14(19)11-8-13(16)17-9-12(11)15/h8-10H,2-7H2,1H3. The topological polar surface area (TPSA) is 33.2 Å². The van der Waals surface area contributed by atoms with Crippen LogP contribution in [-0.2, 0) is 0 Å². The van der Waals surface area contributed by atoms with Crippen LogP contribution < -0.4 is 0 Å². The molecule has 2 rings (SSSR count). The van der Waals surface area contributed by atoms with E-state index in [1.54, 1.807) is 6.07 Å². The van der Waals surface area contributed by atoms with Gasteiger partial charge >= 0.3 is 0 Å². The summed E-state index contributed by atoms with van der Waals surface area (Å²) in [6.07, 6.45) is 7.25. The molecule has 19 heavy (non-hydrogen) atoms. The van der Waals surface area contributed by atoms with Gasteiger partial charge in [0.25, 0.3) is 5.91 Å². The third kappa shape index (κ3) is 3.40. The quantitative estimate of drug-likeness (QED) is 0.785. The molecule has 1 aliphatic rings. The number of hydrogen-bond donors (Lipinski definition) is 0. The van der Waals surface area contributed by atoms with Crippen LogP contribution in [0.15, 0.2) is 12.3 Å². The van der Waals surface area contributed by atoms with Crippen LogP contribution in [0.1, 0.15) is 49.4 Å². The van der Waals surface area contributed by atoms with Crippen molar-refractivity contribution >= 4 is 29.1 Å². The van der Waals surface area contributed by atoms with Crippen LogP contribution in [0.3, 0.4) is 0 Å². The van der Waals surface area contributed by atoms with Gasteiger partial charge in [-0.2, -0.15) is 0 Å². The molecule has 0 radical (unpaired) electrons. The summed E-state index contributed by atoms with van der Waals surface area (Å²) in [5.74, 6) is -0.0382.